The number of aryl methyl sites for hydroxylation is 1. The summed E-state index contributed by atoms with van der Waals surface area (Å²) in [7, 11) is 0. The Kier molecular flexibility index (Phi) is 2.88. The second-order valence-corrected chi connectivity index (χ2v) is 4.01. The quantitative estimate of drug-likeness (QED) is 0.755. The molecule has 2 rings (SSSR count). The Bertz CT molecular complexity index is 370. The highest BCUT2D eigenvalue weighted by Crippen LogP contribution is 2.22. The van der Waals surface area contributed by atoms with Gasteiger partial charge in [0.05, 0.1) is 19.3 Å². The first-order valence-corrected chi connectivity index (χ1v) is 5.21. The van der Waals surface area contributed by atoms with Crippen LogP contribution in [0.5, 0.6) is 0 Å². The maximum atomic E-state index is 11.5. The molecule has 0 saturated carbocycles. The molecule has 1 aliphatic carbocycles. The van der Waals surface area contributed by atoms with E-state index in [1.807, 2.05) is 6.20 Å². The van der Waals surface area contributed by atoms with Crippen molar-refractivity contribution in [2.45, 2.75) is 31.9 Å². The molecule has 2 N–H and O–H groups in total. The van der Waals surface area contributed by atoms with Crippen molar-refractivity contribution in [3.8, 4) is 0 Å². The normalized spacial score (nSPS) is 17.6. The van der Waals surface area contributed by atoms with E-state index in [0.29, 0.717) is 13.0 Å². The van der Waals surface area contributed by atoms with Crippen LogP contribution in [-0.2, 0) is 13.0 Å². The number of hydrogen-bond donors (Lipinski definition) is 2. The summed E-state index contributed by atoms with van der Waals surface area (Å²) in [4.78, 5) is 11.5. The highest BCUT2D eigenvalue weighted by atomic mass is 16.3. The van der Waals surface area contributed by atoms with Crippen LogP contribution in [0.15, 0.2) is 12.4 Å². The summed E-state index contributed by atoms with van der Waals surface area (Å²) in [6.07, 6.45) is 5.39. The number of aromatic nitrogens is 1. The monoisotopic (exact) mass is 209 g/mol. The van der Waals surface area contributed by atoms with Crippen LogP contribution in [0, 0.1) is 0 Å². The molecule has 1 aromatic rings. The van der Waals surface area contributed by atoms with Gasteiger partial charge < -0.3 is 14.8 Å². The predicted octanol–water partition coefficient (Wildman–Crippen LogP) is 0.360. The van der Waals surface area contributed by atoms with Gasteiger partial charge >= 0.3 is 0 Å². The highest BCUT2D eigenvalue weighted by molar-refractivity contribution is 5.98. The lowest BCUT2D eigenvalue weighted by atomic mass is 9.95. The molecule has 0 aliphatic heterocycles. The molecule has 0 spiro atoms. The smallest absolute Gasteiger partial charge is 0.164 e. The van der Waals surface area contributed by atoms with Gasteiger partial charge in [-0.25, -0.2) is 0 Å². The van der Waals surface area contributed by atoms with Crippen LogP contribution in [0.25, 0.3) is 0 Å². The van der Waals surface area contributed by atoms with Crippen molar-refractivity contribution in [3.05, 3.63) is 23.5 Å². The lowest BCUT2D eigenvalue weighted by molar-refractivity contribution is 0.0812. The van der Waals surface area contributed by atoms with Gasteiger partial charge in [0.1, 0.15) is 0 Å². The zero-order valence-corrected chi connectivity index (χ0v) is 8.52. The van der Waals surface area contributed by atoms with Crippen LogP contribution in [0.3, 0.4) is 0 Å². The summed E-state index contributed by atoms with van der Waals surface area (Å²) >= 11 is 0. The second kappa shape index (κ2) is 4.16. The second-order valence-electron chi connectivity index (χ2n) is 4.01. The Balaban J connectivity index is 2.18. The van der Waals surface area contributed by atoms with E-state index in [-0.39, 0.29) is 12.4 Å². The number of carbonyl (C=O) groups is 1. The van der Waals surface area contributed by atoms with Crippen LogP contribution in [0.1, 0.15) is 28.8 Å². The van der Waals surface area contributed by atoms with Crippen LogP contribution < -0.4 is 0 Å². The topological polar surface area (TPSA) is 62.5 Å². The van der Waals surface area contributed by atoms with Crippen molar-refractivity contribution in [1.29, 1.82) is 0 Å². The molecule has 0 aromatic carbocycles. The molecule has 0 radical (unpaired) electrons. The van der Waals surface area contributed by atoms with Crippen LogP contribution >= 0.6 is 0 Å². The Morgan fingerprint density at radius 1 is 1.40 bits per heavy atom. The lowest BCUT2D eigenvalue weighted by Crippen LogP contribution is -2.18. The van der Waals surface area contributed by atoms with Crippen molar-refractivity contribution in [1.82, 2.24) is 4.57 Å². The van der Waals surface area contributed by atoms with E-state index in [1.165, 1.54) is 0 Å². The molecule has 82 valence electrons. The summed E-state index contributed by atoms with van der Waals surface area (Å²) in [5.74, 6) is 0.188. The third-order valence-corrected chi connectivity index (χ3v) is 2.75. The maximum Gasteiger partial charge on any atom is 0.164 e. The molecule has 0 amide bonds. The molecule has 15 heavy (non-hydrogen) atoms. The molecule has 1 heterocycles. The van der Waals surface area contributed by atoms with Gasteiger partial charge in [-0.2, -0.15) is 0 Å². The molecule has 1 aliphatic rings. The third kappa shape index (κ3) is 2.11. The molecule has 1 unspecified atom stereocenters. The number of aliphatic hydroxyl groups is 2. The van der Waals surface area contributed by atoms with Gasteiger partial charge in [0, 0.05) is 24.4 Å². The Morgan fingerprint density at radius 3 is 2.87 bits per heavy atom. The minimum atomic E-state index is -0.756. The zero-order valence-electron chi connectivity index (χ0n) is 8.52. The average Bonchev–Trinajstić information content (AvgIpc) is 2.62. The first kappa shape index (κ1) is 10.4. The van der Waals surface area contributed by atoms with Crippen molar-refractivity contribution >= 4 is 5.78 Å². The number of carbonyl (C=O) groups excluding carboxylic acids is 1. The molecule has 0 saturated heterocycles. The van der Waals surface area contributed by atoms with Gasteiger partial charge in [0.25, 0.3) is 0 Å². The zero-order chi connectivity index (χ0) is 10.8. The van der Waals surface area contributed by atoms with E-state index < -0.39 is 6.10 Å². The van der Waals surface area contributed by atoms with Crippen LogP contribution in [0.4, 0.5) is 0 Å². The fraction of sp³-hybridized carbons (Fsp3) is 0.545. The van der Waals surface area contributed by atoms with Crippen LogP contribution in [-0.4, -0.2) is 33.3 Å². The first-order valence-electron chi connectivity index (χ1n) is 5.21. The molecule has 1 aromatic heterocycles. The van der Waals surface area contributed by atoms with E-state index in [9.17, 15) is 9.90 Å². The number of ketones is 1. The van der Waals surface area contributed by atoms with Gasteiger partial charge in [0.2, 0.25) is 0 Å². The van der Waals surface area contributed by atoms with Gasteiger partial charge in [-0.05, 0) is 18.4 Å². The molecule has 1 atom stereocenters. The maximum absolute atomic E-state index is 11.5. The summed E-state index contributed by atoms with van der Waals surface area (Å²) in [5.41, 5.74) is 1.85. The Labute approximate surface area is 88.1 Å². The molecular formula is C11H15NO3. The van der Waals surface area contributed by atoms with E-state index in [4.69, 9.17) is 5.11 Å². The molecule has 4 nitrogen and oxygen atoms in total. The standard InChI is InChI=1S/C11H15NO3/c13-7-9(14)5-12-4-8-2-1-3-11(15)10(8)6-12/h4,6,9,13-14H,1-3,5,7H2. The summed E-state index contributed by atoms with van der Waals surface area (Å²) in [6, 6.07) is 0. The minimum absolute atomic E-state index is 0.188. The predicted molar refractivity (Wildman–Crippen MR) is 54.8 cm³/mol. The molecule has 0 fully saturated rings. The molecular weight excluding hydrogens is 194 g/mol. The van der Waals surface area contributed by atoms with Crippen molar-refractivity contribution < 1.29 is 15.0 Å². The summed E-state index contributed by atoms with van der Waals surface area (Å²) in [5, 5.41) is 18.0. The number of nitrogens with zero attached hydrogens (tertiary/aromatic N) is 1. The van der Waals surface area contributed by atoms with Gasteiger partial charge in [-0.3, -0.25) is 4.79 Å². The largest absolute Gasteiger partial charge is 0.394 e. The van der Waals surface area contributed by atoms with Gasteiger partial charge in [-0.1, -0.05) is 0 Å². The molecule has 4 heteroatoms. The van der Waals surface area contributed by atoms with Crippen molar-refractivity contribution in [2.24, 2.45) is 0 Å². The molecule has 0 bridgehead atoms. The van der Waals surface area contributed by atoms with E-state index >= 15 is 0 Å². The van der Waals surface area contributed by atoms with E-state index in [2.05, 4.69) is 0 Å². The van der Waals surface area contributed by atoms with Gasteiger partial charge in [0.15, 0.2) is 5.78 Å². The fourth-order valence-corrected chi connectivity index (χ4v) is 1.99. The number of Topliss-reactive ketones (excluding diaryl/α,β-unsaturated/α-hetero) is 1. The number of aliphatic hydroxyl groups excluding tert-OH is 2. The Morgan fingerprint density at radius 2 is 2.20 bits per heavy atom. The fourth-order valence-electron chi connectivity index (χ4n) is 1.99. The van der Waals surface area contributed by atoms with Crippen molar-refractivity contribution in [2.75, 3.05) is 6.61 Å². The Hall–Kier alpha value is -1.13. The first-order chi connectivity index (χ1) is 7.20. The van der Waals surface area contributed by atoms with Gasteiger partial charge in [-0.15, -0.1) is 0 Å². The average molecular weight is 209 g/mol. The lowest BCUT2D eigenvalue weighted by Gasteiger charge is -2.07. The number of hydrogen-bond acceptors (Lipinski definition) is 3. The SMILES string of the molecule is O=C1CCCc2cn(CC(O)CO)cc21. The highest BCUT2D eigenvalue weighted by Gasteiger charge is 2.19. The van der Waals surface area contributed by atoms with Crippen molar-refractivity contribution in [3.63, 3.8) is 0 Å². The van der Waals surface area contributed by atoms with Crippen LogP contribution in [0.2, 0.25) is 0 Å². The number of rotatable bonds is 3. The number of fused-ring (bicyclic) bond motifs is 1. The summed E-state index contributed by atoms with van der Waals surface area (Å²) in [6.45, 7) is 0.0908. The van der Waals surface area contributed by atoms with E-state index in [0.717, 1.165) is 24.0 Å². The van der Waals surface area contributed by atoms with E-state index in [1.54, 1.807) is 10.8 Å². The minimum Gasteiger partial charge on any atom is -0.394 e. The third-order valence-electron chi connectivity index (χ3n) is 2.75. The summed E-state index contributed by atoms with van der Waals surface area (Å²) < 4.78 is 1.79.